The van der Waals surface area contributed by atoms with Gasteiger partial charge in [0.1, 0.15) is 0 Å². The number of rotatable bonds is 2. The average molecular weight is 789 g/mol. The highest BCUT2D eigenvalue weighted by Crippen LogP contribution is 2.53. The van der Waals surface area contributed by atoms with Gasteiger partial charge < -0.3 is 9.80 Å². The third-order valence-electron chi connectivity index (χ3n) is 13.4. The van der Waals surface area contributed by atoms with E-state index in [-0.39, 0.29) is 33.8 Å². The minimum atomic E-state index is -0.00790. The molecular weight excluding hydrogens is 731 g/mol. The molecule has 3 heterocycles. The van der Waals surface area contributed by atoms with E-state index in [9.17, 15) is 0 Å². The number of thiophene rings is 1. The van der Waals surface area contributed by atoms with Gasteiger partial charge in [-0.05, 0) is 133 Å². The predicted molar refractivity (Wildman–Crippen MR) is 252 cm³/mol. The molecule has 0 N–H and O–H groups in total. The highest BCUT2D eigenvalue weighted by molar-refractivity contribution is 7.33. The third kappa shape index (κ3) is 6.10. The molecule has 2 aliphatic heterocycles. The summed E-state index contributed by atoms with van der Waals surface area (Å²) in [6.07, 6.45) is 2.38. The Hall–Kier alpha value is -3.99. The van der Waals surface area contributed by atoms with E-state index in [1.54, 1.807) is 0 Å². The predicted octanol–water partition coefficient (Wildman–Crippen LogP) is 13.9. The van der Waals surface area contributed by atoms with Crippen molar-refractivity contribution in [2.45, 2.75) is 130 Å². The van der Waals surface area contributed by atoms with Crippen LogP contribution in [0.1, 0.15) is 131 Å². The van der Waals surface area contributed by atoms with Crippen molar-refractivity contribution < 1.29 is 0 Å². The lowest BCUT2D eigenvalue weighted by Crippen LogP contribution is -2.60. The molecule has 0 radical (unpaired) electrons. The zero-order chi connectivity index (χ0) is 40.8. The first-order valence-corrected chi connectivity index (χ1v) is 22.1. The summed E-state index contributed by atoms with van der Waals surface area (Å²) in [7, 11) is 0. The normalized spacial score (nSPS) is 17.0. The lowest BCUT2D eigenvalue weighted by molar-refractivity contribution is 0.332. The number of nitrogens with zero attached hydrogens (tertiary/aromatic N) is 2. The van der Waals surface area contributed by atoms with Crippen LogP contribution in [0.15, 0.2) is 91.0 Å². The number of hydrogen-bond acceptors (Lipinski definition) is 3. The molecule has 5 aromatic carbocycles. The molecule has 1 aromatic heterocycles. The summed E-state index contributed by atoms with van der Waals surface area (Å²) >= 11 is 9.36. The van der Waals surface area contributed by atoms with Crippen molar-refractivity contribution in [2.75, 3.05) is 9.80 Å². The Balaban J connectivity index is 1.39. The van der Waals surface area contributed by atoms with Crippen molar-refractivity contribution in [1.82, 2.24) is 0 Å². The van der Waals surface area contributed by atoms with Crippen LogP contribution in [0.3, 0.4) is 0 Å². The van der Waals surface area contributed by atoms with Crippen LogP contribution in [0.25, 0.3) is 10.1 Å². The Morgan fingerprint density at radius 1 is 0.561 bits per heavy atom. The maximum atomic E-state index is 7.35. The van der Waals surface area contributed by atoms with Crippen molar-refractivity contribution in [3.63, 3.8) is 0 Å². The van der Waals surface area contributed by atoms with Crippen molar-refractivity contribution in [3.05, 3.63) is 124 Å². The quantitative estimate of drug-likeness (QED) is 0.161. The van der Waals surface area contributed by atoms with Gasteiger partial charge in [-0.1, -0.05) is 138 Å². The van der Waals surface area contributed by atoms with Crippen LogP contribution in [0.2, 0.25) is 5.02 Å². The Bertz CT molecular complexity index is 2590. The Morgan fingerprint density at radius 3 is 1.56 bits per heavy atom. The first-order chi connectivity index (χ1) is 26.5. The van der Waals surface area contributed by atoms with Crippen LogP contribution in [-0.2, 0) is 27.1 Å². The highest BCUT2D eigenvalue weighted by Gasteiger charge is 2.47. The molecule has 2 nitrogen and oxygen atoms in total. The smallest absolute Gasteiger partial charge is 0.264 e. The molecule has 1 aliphatic carbocycles. The van der Waals surface area contributed by atoms with Gasteiger partial charge in [0.05, 0.1) is 5.69 Å². The molecule has 0 amide bonds. The van der Waals surface area contributed by atoms with E-state index >= 15 is 0 Å². The first-order valence-electron chi connectivity index (χ1n) is 21.0. The summed E-state index contributed by atoms with van der Waals surface area (Å²) < 4.78 is 2.78. The lowest BCUT2D eigenvalue weighted by Gasteiger charge is -2.44. The van der Waals surface area contributed by atoms with Gasteiger partial charge in [0.25, 0.3) is 6.71 Å². The summed E-state index contributed by atoms with van der Waals surface area (Å²) in [5.41, 5.74) is 17.2. The van der Waals surface area contributed by atoms with E-state index in [0.29, 0.717) is 0 Å². The van der Waals surface area contributed by atoms with Crippen LogP contribution in [0.4, 0.5) is 34.1 Å². The third-order valence-corrected chi connectivity index (χ3v) is 14.9. The molecule has 0 spiro atoms. The fraction of sp³-hybridized carbons (Fsp3) is 0.385. The van der Waals surface area contributed by atoms with Gasteiger partial charge in [0.15, 0.2) is 0 Å². The second-order valence-corrected chi connectivity index (χ2v) is 23.1. The molecule has 0 atom stereocenters. The van der Waals surface area contributed by atoms with Crippen LogP contribution < -0.4 is 25.5 Å². The van der Waals surface area contributed by atoms with Gasteiger partial charge in [-0.15, -0.1) is 11.3 Å². The summed E-state index contributed by atoms with van der Waals surface area (Å²) in [4.78, 5) is 5.05. The lowest BCUT2D eigenvalue weighted by atomic mass is 9.36. The molecule has 57 heavy (non-hydrogen) atoms. The van der Waals surface area contributed by atoms with E-state index in [1.165, 1.54) is 89.2 Å². The standard InChI is InChI=1S/C52H58BClN2S/c1-48(2,3)31-14-19-35(20-15-31)55-41-23-18-33(50(7,8)9)26-40(41)53-45-42(55)27-34(54)28-43(45)56(36-21-16-32(17-22-36)49(4,5)6)46-37-29-38-39(30-44(37)57-47(46)53)52(12,13)25-24-51(38,10)11/h14-23,26-30H,24-25H2,1-13H3. The summed E-state index contributed by atoms with van der Waals surface area (Å²) in [5, 5.41) is 2.09. The first kappa shape index (κ1) is 38.5. The van der Waals surface area contributed by atoms with E-state index in [4.69, 9.17) is 11.6 Å². The molecule has 0 bridgehead atoms. The molecule has 5 heteroatoms. The average Bonchev–Trinajstić information content (AvgIpc) is 3.50. The SMILES string of the molecule is CC(C)(C)c1ccc(N2c3ccc(C(C)(C)C)cc3B3c4sc5cc6c(cc5c4N(c4ccc(C(C)(C)C)cc4)c4cc(Cl)cc2c43)C(C)(C)CCC6(C)C)cc1. The molecule has 0 fully saturated rings. The minimum Gasteiger partial charge on any atom is -0.311 e. The monoisotopic (exact) mass is 788 g/mol. The topological polar surface area (TPSA) is 6.48 Å². The van der Waals surface area contributed by atoms with Crippen LogP contribution >= 0.6 is 22.9 Å². The van der Waals surface area contributed by atoms with Crippen LogP contribution in [0, 0.1) is 0 Å². The summed E-state index contributed by atoms with van der Waals surface area (Å²) in [5.74, 6) is 0. The zero-order valence-electron chi connectivity index (χ0n) is 36.3. The van der Waals surface area contributed by atoms with Gasteiger partial charge >= 0.3 is 0 Å². The fourth-order valence-electron chi connectivity index (χ4n) is 9.75. The Labute approximate surface area is 351 Å². The molecule has 0 saturated carbocycles. The van der Waals surface area contributed by atoms with Crippen molar-refractivity contribution in [3.8, 4) is 0 Å². The highest BCUT2D eigenvalue weighted by atomic mass is 35.5. The molecule has 6 aromatic rings. The fourth-order valence-corrected chi connectivity index (χ4v) is 11.3. The van der Waals surface area contributed by atoms with Gasteiger partial charge in [0, 0.05) is 48.3 Å². The molecule has 3 aliphatic rings. The van der Waals surface area contributed by atoms with E-state index in [1.807, 2.05) is 11.3 Å². The maximum Gasteiger partial charge on any atom is 0.264 e. The summed E-state index contributed by atoms with van der Waals surface area (Å²) in [6.45, 7) is 30.6. The number of hydrogen-bond donors (Lipinski definition) is 0. The van der Waals surface area contributed by atoms with Crippen molar-refractivity contribution in [1.29, 1.82) is 0 Å². The van der Waals surface area contributed by atoms with Crippen LogP contribution in [0.5, 0.6) is 0 Å². The second-order valence-electron chi connectivity index (χ2n) is 21.6. The van der Waals surface area contributed by atoms with Gasteiger partial charge in [0.2, 0.25) is 0 Å². The van der Waals surface area contributed by atoms with Crippen LogP contribution in [-0.4, -0.2) is 6.71 Å². The largest absolute Gasteiger partial charge is 0.311 e. The number of fused-ring (bicyclic) bond motifs is 7. The maximum absolute atomic E-state index is 7.35. The van der Waals surface area contributed by atoms with Gasteiger partial charge in [-0.25, -0.2) is 0 Å². The molecule has 9 rings (SSSR count). The van der Waals surface area contributed by atoms with E-state index < -0.39 is 0 Å². The number of benzene rings is 5. The van der Waals surface area contributed by atoms with Gasteiger partial charge in [-0.2, -0.15) is 0 Å². The van der Waals surface area contributed by atoms with E-state index in [2.05, 4.69) is 191 Å². The zero-order valence-corrected chi connectivity index (χ0v) is 37.9. The molecule has 0 unspecified atom stereocenters. The van der Waals surface area contributed by atoms with E-state index in [0.717, 1.165) is 16.4 Å². The Kier molecular flexibility index (Phi) is 8.46. The van der Waals surface area contributed by atoms with Gasteiger partial charge in [-0.3, -0.25) is 0 Å². The molecular formula is C52H58BClN2S. The Morgan fingerprint density at radius 2 is 1.04 bits per heavy atom. The minimum absolute atomic E-state index is 0.00790. The number of anilines is 6. The summed E-state index contributed by atoms with van der Waals surface area (Å²) in [6, 6.07) is 35.4. The molecule has 292 valence electrons. The van der Waals surface area contributed by atoms with Crippen molar-refractivity contribution >= 4 is 89.6 Å². The van der Waals surface area contributed by atoms with Crippen molar-refractivity contribution in [2.24, 2.45) is 0 Å². The second kappa shape index (κ2) is 12.5. The number of halogens is 1. The molecule has 0 saturated heterocycles.